The van der Waals surface area contributed by atoms with Crippen molar-refractivity contribution in [3.05, 3.63) is 194 Å². The first kappa shape index (κ1) is 42.3. The molecule has 0 saturated carbocycles. The molecule has 0 N–H and O–H groups in total. The number of pyridine rings is 1. The van der Waals surface area contributed by atoms with E-state index in [4.69, 9.17) is 4.98 Å². The molecule has 8 aromatic carbocycles. The van der Waals surface area contributed by atoms with Crippen molar-refractivity contribution in [2.24, 2.45) is 5.92 Å². The zero-order chi connectivity index (χ0) is 42.4. The maximum atomic E-state index is 5.49. The number of fused-ring (bicyclic) bond motifs is 7. The molecule has 3 nitrogen and oxygen atoms in total. The number of hydrogen-bond donors (Lipinski definition) is 0. The summed E-state index contributed by atoms with van der Waals surface area (Å²) in [7, 11) is -1.34. The van der Waals surface area contributed by atoms with E-state index < -0.39 is 8.07 Å². The molecule has 0 saturated heterocycles. The Balaban J connectivity index is 0.000000204. The summed E-state index contributed by atoms with van der Waals surface area (Å²) >= 11 is 1.82. The van der Waals surface area contributed by atoms with Crippen LogP contribution in [-0.4, -0.2) is 22.6 Å². The summed E-state index contributed by atoms with van der Waals surface area (Å²) < 4.78 is 4.87. The minimum Gasteiger partial charge on any atom is -0.332 e. The first-order valence-corrected chi connectivity index (χ1v) is 25.8. The maximum absolute atomic E-state index is 5.49. The van der Waals surface area contributed by atoms with Gasteiger partial charge in [-0.05, 0) is 61.8 Å². The molecule has 0 unspecified atom stereocenters. The molecule has 0 bridgehead atoms. The van der Waals surface area contributed by atoms with E-state index in [0.29, 0.717) is 5.92 Å². The van der Waals surface area contributed by atoms with Crippen LogP contribution in [-0.2, 0) is 26.5 Å². The molecule has 63 heavy (non-hydrogen) atoms. The fourth-order valence-corrected chi connectivity index (χ4v) is 11.7. The molecule has 11 rings (SSSR count). The van der Waals surface area contributed by atoms with Gasteiger partial charge in [-0.15, -0.1) is 54.1 Å². The van der Waals surface area contributed by atoms with Crippen molar-refractivity contribution in [1.29, 1.82) is 0 Å². The Bertz CT molecular complexity index is 3400. The predicted octanol–water partition coefficient (Wildman–Crippen LogP) is 15.1. The van der Waals surface area contributed by atoms with Crippen LogP contribution in [0.15, 0.2) is 176 Å². The minimum absolute atomic E-state index is 0. The fourth-order valence-electron chi connectivity index (χ4n) is 8.89. The van der Waals surface area contributed by atoms with Crippen molar-refractivity contribution in [3.8, 4) is 39.5 Å². The van der Waals surface area contributed by atoms with Gasteiger partial charge in [0.15, 0.2) is 0 Å². The Hall–Kier alpha value is -6.01. The Kier molecular flexibility index (Phi) is 11.8. The van der Waals surface area contributed by atoms with E-state index in [9.17, 15) is 0 Å². The van der Waals surface area contributed by atoms with Gasteiger partial charge in [-0.25, -0.2) is 0 Å². The summed E-state index contributed by atoms with van der Waals surface area (Å²) in [5.74, 6) is 1.58. The molecule has 0 aliphatic carbocycles. The van der Waals surface area contributed by atoms with Crippen molar-refractivity contribution in [1.82, 2.24) is 14.5 Å². The van der Waals surface area contributed by atoms with Gasteiger partial charge in [-0.3, -0.25) is 4.98 Å². The van der Waals surface area contributed by atoms with E-state index >= 15 is 0 Å². The van der Waals surface area contributed by atoms with Crippen molar-refractivity contribution >= 4 is 77.3 Å². The van der Waals surface area contributed by atoms with Crippen LogP contribution in [0.25, 0.3) is 92.2 Å². The third-order valence-corrected chi connectivity index (χ3v) is 15.0. The van der Waals surface area contributed by atoms with E-state index in [1.807, 2.05) is 29.5 Å². The second kappa shape index (κ2) is 17.6. The van der Waals surface area contributed by atoms with Gasteiger partial charge in [-0.2, -0.15) is 11.3 Å². The molecule has 11 aromatic rings. The third kappa shape index (κ3) is 8.09. The summed E-state index contributed by atoms with van der Waals surface area (Å²) in [4.78, 5) is 10.2. The SMILES string of the molecule is CC(C)Cc1cc(-c2[c-]cccc2)ncc1[Si](C)(C)C.[Ir].[c-]1ccc2c(sc3ccccc32)c1-c1nc2c3ccccc3ccc2n1-c1c(-c2ccccc2)ccc2ccccc12. The van der Waals surface area contributed by atoms with Crippen LogP contribution in [0.5, 0.6) is 0 Å². The van der Waals surface area contributed by atoms with Crippen LogP contribution in [0.4, 0.5) is 0 Å². The number of thiophene rings is 1. The number of benzene rings is 8. The van der Waals surface area contributed by atoms with Crippen molar-refractivity contribution in [2.45, 2.75) is 39.9 Å². The van der Waals surface area contributed by atoms with Crippen LogP contribution in [0.1, 0.15) is 19.4 Å². The Morgan fingerprint density at radius 2 is 1.33 bits per heavy atom. The number of hydrogen-bond acceptors (Lipinski definition) is 3. The topological polar surface area (TPSA) is 30.7 Å². The van der Waals surface area contributed by atoms with E-state index in [1.165, 1.54) is 58.2 Å². The Labute approximate surface area is 388 Å². The summed E-state index contributed by atoms with van der Waals surface area (Å²) in [6, 6.07) is 67.0. The van der Waals surface area contributed by atoms with Crippen LogP contribution < -0.4 is 5.19 Å². The van der Waals surface area contributed by atoms with Gasteiger partial charge in [0.2, 0.25) is 0 Å². The molecule has 311 valence electrons. The quantitative estimate of drug-likeness (QED) is 0.118. The first-order valence-electron chi connectivity index (χ1n) is 21.5. The number of imidazole rings is 1. The monoisotopic (exact) mass is 1030 g/mol. The Morgan fingerprint density at radius 3 is 2.08 bits per heavy atom. The van der Waals surface area contributed by atoms with Crippen LogP contribution >= 0.6 is 11.3 Å². The number of rotatable bonds is 7. The van der Waals surface area contributed by atoms with Crippen molar-refractivity contribution in [2.75, 3.05) is 0 Å². The average Bonchev–Trinajstić information content (AvgIpc) is 3.88. The molecule has 0 spiro atoms. The van der Waals surface area contributed by atoms with Gasteiger partial charge in [0.1, 0.15) is 0 Å². The van der Waals surface area contributed by atoms with Gasteiger partial charge in [0, 0.05) is 47.3 Å². The molecule has 6 heteroatoms. The van der Waals surface area contributed by atoms with E-state index in [0.717, 1.165) is 51.2 Å². The first-order chi connectivity index (χ1) is 30.2. The van der Waals surface area contributed by atoms with E-state index in [1.54, 1.807) is 0 Å². The van der Waals surface area contributed by atoms with E-state index in [-0.39, 0.29) is 20.1 Å². The molecule has 0 aliphatic heterocycles. The molecule has 0 fully saturated rings. The zero-order valence-corrected chi connectivity index (χ0v) is 40.3. The van der Waals surface area contributed by atoms with E-state index in [2.05, 4.69) is 213 Å². The predicted molar refractivity (Wildman–Crippen MR) is 269 cm³/mol. The standard InChI is InChI=1S/C39H23N2S.C18H24NSi.Ir/c1-2-11-25(12-3-1)30-23-21-27-14-5-7-16-29(27)37(30)41-34-24-22-26-13-4-6-15-28(26)36(34)40-39(41)33-19-10-18-32-31-17-8-9-20-35(31)42-38(32)33;1-14(2)11-16-12-17(15-9-7-6-8-10-15)19-13-18(16)20(3,4)5;/h1-18,20-24H;6-9,12-14H,11H2,1-5H3;/q2*-1;. The molecule has 0 aliphatic rings. The normalized spacial score (nSPS) is 11.7. The van der Waals surface area contributed by atoms with Gasteiger partial charge >= 0.3 is 0 Å². The fraction of sp³-hybridized carbons (Fsp3) is 0.123. The molecule has 3 aromatic heterocycles. The molecule has 0 amide bonds. The van der Waals surface area contributed by atoms with Gasteiger partial charge in [0.25, 0.3) is 0 Å². The smallest absolute Gasteiger partial charge is 0.0852 e. The molecule has 3 heterocycles. The van der Waals surface area contributed by atoms with Crippen LogP contribution in [0.3, 0.4) is 0 Å². The average molecular weight is 1030 g/mol. The number of aromatic nitrogens is 3. The summed E-state index contributed by atoms with van der Waals surface area (Å²) in [6.45, 7) is 11.7. The summed E-state index contributed by atoms with van der Waals surface area (Å²) in [5.41, 5.74) is 10.2. The van der Waals surface area contributed by atoms with Crippen molar-refractivity contribution < 1.29 is 20.1 Å². The largest absolute Gasteiger partial charge is 0.332 e. The Morgan fingerprint density at radius 1 is 0.651 bits per heavy atom. The molecular weight excluding hydrogens is 979 g/mol. The third-order valence-electron chi connectivity index (χ3n) is 11.7. The number of nitrogens with zero attached hydrogens (tertiary/aromatic N) is 3. The van der Waals surface area contributed by atoms with Gasteiger partial charge in [0.05, 0.1) is 30.6 Å². The minimum atomic E-state index is -1.34. The van der Waals surface area contributed by atoms with Crippen LogP contribution in [0, 0.1) is 18.1 Å². The van der Waals surface area contributed by atoms with Crippen molar-refractivity contribution in [3.63, 3.8) is 0 Å². The summed E-state index contributed by atoms with van der Waals surface area (Å²) in [5, 5.41) is 8.74. The van der Waals surface area contributed by atoms with Gasteiger partial charge in [-0.1, -0.05) is 171 Å². The molecular formula is C57H47IrN3SSi-2. The molecule has 0 atom stereocenters. The van der Waals surface area contributed by atoms with Crippen LogP contribution in [0.2, 0.25) is 19.6 Å². The van der Waals surface area contributed by atoms with Gasteiger partial charge < -0.3 is 9.55 Å². The maximum Gasteiger partial charge on any atom is 0.0852 e. The zero-order valence-electron chi connectivity index (χ0n) is 36.1. The second-order valence-electron chi connectivity index (χ2n) is 17.5. The second-order valence-corrected chi connectivity index (χ2v) is 23.6. The molecule has 1 radical (unpaired) electrons. The summed E-state index contributed by atoms with van der Waals surface area (Å²) in [6.07, 6.45) is 3.24.